The molecule has 0 amide bonds. The molecule has 0 aromatic heterocycles. The van der Waals surface area contributed by atoms with E-state index in [9.17, 15) is 12.8 Å². The molecule has 6 heteroatoms. The predicted octanol–water partition coefficient (Wildman–Crippen LogP) is 3.47. The normalized spacial score (nSPS) is 11.2. The van der Waals surface area contributed by atoms with Crippen LogP contribution in [0.5, 0.6) is 5.75 Å². The van der Waals surface area contributed by atoms with Crippen molar-refractivity contribution in [3.8, 4) is 5.75 Å². The highest BCUT2D eigenvalue weighted by atomic mass is 32.2. The summed E-state index contributed by atoms with van der Waals surface area (Å²) < 4.78 is 45.0. The zero-order valence-electron chi connectivity index (χ0n) is 12.5. The van der Waals surface area contributed by atoms with Crippen LogP contribution in [0.3, 0.4) is 0 Å². The molecule has 0 saturated heterocycles. The minimum atomic E-state index is -3.56. The zero-order valence-corrected chi connectivity index (χ0v) is 13.3. The number of sulfonamides is 1. The van der Waals surface area contributed by atoms with Crippen molar-refractivity contribution in [3.63, 3.8) is 0 Å². The number of benzene rings is 2. The minimum Gasteiger partial charge on any atom is -0.494 e. The van der Waals surface area contributed by atoms with Crippen LogP contribution < -0.4 is 9.46 Å². The van der Waals surface area contributed by atoms with E-state index in [1.54, 1.807) is 18.2 Å². The van der Waals surface area contributed by atoms with E-state index >= 15 is 0 Å². The molecular weight excluding hydrogens is 305 g/mol. The van der Waals surface area contributed by atoms with Gasteiger partial charge in [0.15, 0.2) is 0 Å². The SMILES string of the molecule is CCOc1ccc(NS(=O)(=O)Cc2ccc(F)cc2)cc1C. The van der Waals surface area contributed by atoms with E-state index in [1.807, 2.05) is 13.8 Å². The van der Waals surface area contributed by atoms with E-state index in [-0.39, 0.29) is 5.75 Å². The number of hydrogen-bond donors (Lipinski definition) is 1. The summed E-state index contributed by atoms with van der Waals surface area (Å²) >= 11 is 0. The Morgan fingerprint density at radius 1 is 1.14 bits per heavy atom. The third-order valence-corrected chi connectivity index (χ3v) is 4.28. The van der Waals surface area contributed by atoms with E-state index in [4.69, 9.17) is 4.74 Å². The monoisotopic (exact) mass is 323 g/mol. The molecule has 0 aliphatic carbocycles. The average molecular weight is 323 g/mol. The topological polar surface area (TPSA) is 55.4 Å². The second-order valence-electron chi connectivity index (χ2n) is 4.90. The zero-order chi connectivity index (χ0) is 16.2. The van der Waals surface area contributed by atoms with Crippen molar-refractivity contribution in [2.75, 3.05) is 11.3 Å². The number of ether oxygens (including phenoxy) is 1. The first-order valence-electron chi connectivity index (χ1n) is 6.88. The van der Waals surface area contributed by atoms with Crippen molar-refractivity contribution in [1.82, 2.24) is 0 Å². The molecule has 0 heterocycles. The van der Waals surface area contributed by atoms with E-state index in [1.165, 1.54) is 24.3 Å². The van der Waals surface area contributed by atoms with Crippen LogP contribution >= 0.6 is 0 Å². The van der Waals surface area contributed by atoms with Crippen molar-refractivity contribution in [2.45, 2.75) is 19.6 Å². The molecule has 0 bridgehead atoms. The van der Waals surface area contributed by atoms with Crippen LogP contribution in [0.2, 0.25) is 0 Å². The van der Waals surface area contributed by atoms with Crippen LogP contribution in [0, 0.1) is 12.7 Å². The van der Waals surface area contributed by atoms with Gasteiger partial charge in [0.1, 0.15) is 11.6 Å². The Balaban J connectivity index is 2.11. The minimum absolute atomic E-state index is 0.209. The molecule has 2 aromatic rings. The molecule has 22 heavy (non-hydrogen) atoms. The number of anilines is 1. The van der Waals surface area contributed by atoms with Crippen LogP contribution in [-0.4, -0.2) is 15.0 Å². The Kier molecular flexibility index (Phi) is 5.03. The van der Waals surface area contributed by atoms with Gasteiger partial charge >= 0.3 is 0 Å². The fourth-order valence-electron chi connectivity index (χ4n) is 2.05. The van der Waals surface area contributed by atoms with Crippen LogP contribution in [-0.2, 0) is 15.8 Å². The Hall–Kier alpha value is -2.08. The molecule has 2 rings (SSSR count). The molecule has 1 N–H and O–H groups in total. The fraction of sp³-hybridized carbons (Fsp3) is 0.250. The molecule has 0 unspecified atom stereocenters. The van der Waals surface area contributed by atoms with Gasteiger partial charge in [0.2, 0.25) is 10.0 Å². The highest BCUT2D eigenvalue weighted by Gasteiger charge is 2.12. The first kappa shape index (κ1) is 16.3. The Morgan fingerprint density at radius 3 is 2.41 bits per heavy atom. The van der Waals surface area contributed by atoms with Gasteiger partial charge in [-0.1, -0.05) is 12.1 Å². The molecule has 0 aliphatic rings. The van der Waals surface area contributed by atoms with Gasteiger partial charge in [-0.05, 0) is 55.3 Å². The third-order valence-electron chi connectivity index (χ3n) is 3.02. The molecule has 0 fully saturated rings. The lowest BCUT2D eigenvalue weighted by Crippen LogP contribution is -2.15. The van der Waals surface area contributed by atoms with Crippen LogP contribution in [0.4, 0.5) is 10.1 Å². The number of nitrogens with one attached hydrogen (secondary N) is 1. The van der Waals surface area contributed by atoms with Crippen LogP contribution in [0.15, 0.2) is 42.5 Å². The highest BCUT2D eigenvalue weighted by Crippen LogP contribution is 2.23. The van der Waals surface area contributed by atoms with Gasteiger partial charge in [-0.3, -0.25) is 4.72 Å². The molecule has 0 saturated carbocycles. The van der Waals surface area contributed by atoms with Crippen molar-refractivity contribution < 1.29 is 17.5 Å². The predicted molar refractivity (Wildman–Crippen MR) is 85.0 cm³/mol. The number of rotatable bonds is 6. The second-order valence-corrected chi connectivity index (χ2v) is 6.62. The Morgan fingerprint density at radius 2 is 1.82 bits per heavy atom. The summed E-state index contributed by atoms with van der Waals surface area (Å²) in [5, 5.41) is 0. The lowest BCUT2D eigenvalue weighted by Gasteiger charge is -2.11. The van der Waals surface area contributed by atoms with Gasteiger partial charge in [-0.2, -0.15) is 0 Å². The van der Waals surface area contributed by atoms with Crippen molar-refractivity contribution in [2.24, 2.45) is 0 Å². The quantitative estimate of drug-likeness (QED) is 0.885. The van der Waals surface area contributed by atoms with Gasteiger partial charge in [0, 0.05) is 5.69 Å². The molecular formula is C16H18FNO3S. The van der Waals surface area contributed by atoms with E-state index in [0.717, 1.165) is 11.3 Å². The number of halogens is 1. The molecule has 4 nitrogen and oxygen atoms in total. The fourth-order valence-corrected chi connectivity index (χ4v) is 3.24. The number of hydrogen-bond acceptors (Lipinski definition) is 3. The summed E-state index contributed by atoms with van der Waals surface area (Å²) in [5.74, 6) is 0.125. The van der Waals surface area contributed by atoms with Crippen LogP contribution in [0.25, 0.3) is 0 Å². The standard InChI is InChI=1S/C16H18FNO3S/c1-3-21-16-9-8-15(10-12(16)2)18-22(19,20)11-13-4-6-14(17)7-5-13/h4-10,18H,3,11H2,1-2H3. The van der Waals surface area contributed by atoms with Gasteiger partial charge in [0.05, 0.1) is 12.4 Å². The van der Waals surface area contributed by atoms with Crippen molar-refractivity contribution >= 4 is 15.7 Å². The van der Waals surface area contributed by atoms with E-state index in [2.05, 4.69) is 4.72 Å². The maximum absolute atomic E-state index is 12.8. The van der Waals surface area contributed by atoms with Crippen LogP contribution in [0.1, 0.15) is 18.1 Å². The summed E-state index contributed by atoms with van der Waals surface area (Å²) in [6.07, 6.45) is 0. The lowest BCUT2D eigenvalue weighted by atomic mass is 10.2. The molecule has 0 aliphatic heterocycles. The molecule has 118 valence electrons. The van der Waals surface area contributed by atoms with Gasteiger partial charge < -0.3 is 4.74 Å². The largest absolute Gasteiger partial charge is 0.494 e. The first-order valence-corrected chi connectivity index (χ1v) is 8.53. The third kappa shape index (κ3) is 4.46. The highest BCUT2D eigenvalue weighted by molar-refractivity contribution is 7.91. The van der Waals surface area contributed by atoms with E-state index in [0.29, 0.717) is 17.9 Å². The lowest BCUT2D eigenvalue weighted by molar-refractivity contribution is 0.338. The maximum atomic E-state index is 12.8. The second kappa shape index (κ2) is 6.79. The van der Waals surface area contributed by atoms with Crippen molar-refractivity contribution in [1.29, 1.82) is 0 Å². The summed E-state index contributed by atoms with van der Waals surface area (Å²) in [6, 6.07) is 10.5. The summed E-state index contributed by atoms with van der Waals surface area (Å²) in [6.45, 7) is 4.29. The van der Waals surface area contributed by atoms with Gasteiger partial charge in [-0.15, -0.1) is 0 Å². The van der Waals surface area contributed by atoms with Gasteiger partial charge in [0.25, 0.3) is 0 Å². The molecule has 0 atom stereocenters. The maximum Gasteiger partial charge on any atom is 0.236 e. The molecule has 2 aromatic carbocycles. The summed E-state index contributed by atoms with van der Waals surface area (Å²) in [4.78, 5) is 0. The summed E-state index contributed by atoms with van der Waals surface area (Å²) in [7, 11) is -3.56. The summed E-state index contributed by atoms with van der Waals surface area (Å²) in [5.41, 5.74) is 1.85. The van der Waals surface area contributed by atoms with Gasteiger partial charge in [-0.25, -0.2) is 12.8 Å². The Bertz CT molecular complexity index is 742. The smallest absolute Gasteiger partial charge is 0.236 e. The first-order chi connectivity index (χ1) is 10.4. The number of aryl methyl sites for hydroxylation is 1. The average Bonchev–Trinajstić information content (AvgIpc) is 2.44. The Labute approximate surface area is 130 Å². The molecule has 0 radical (unpaired) electrons. The van der Waals surface area contributed by atoms with E-state index < -0.39 is 15.8 Å². The molecule has 0 spiro atoms. The van der Waals surface area contributed by atoms with Crippen molar-refractivity contribution in [3.05, 3.63) is 59.4 Å².